The van der Waals surface area contributed by atoms with Gasteiger partial charge in [0.1, 0.15) is 5.82 Å². The largest absolute Gasteiger partial charge is 0.308 e. The fraction of sp³-hybridized carbons (Fsp3) is 0.500. The number of rotatable bonds is 3. The maximum atomic E-state index is 13.7. The van der Waals surface area contributed by atoms with Gasteiger partial charge in [-0.25, -0.2) is 4.39 Å². The number of hydrogen-bond acceptors (Lipinski definition) is 3. The molecule has 0 radical (unpaired) electrons. The van der Waals surface area contributed by atoms with E-state index >= 15 is 0 Å². The van der Waals surface area contributed by atoms with E-state index in [1.807, 2.05) is 19.9 Å². The standard InChI is InChI=1S/C14H17FN2S/c1-14(2,8-16)9-17-12-6-7-18-13-10(12)4-3-5-11(13)15/h3-5,12,17H,6-7,9H2,1-2H3. The lowest BCUT2D eigenvalue weighted by molar-refractivity contribution is 0.393. The lowest BCUT2D eigenvalue weighted by Gasteiger charge is -2.28. The van der Waals surface area contributed by atoms with Crippen molar-refractivity contribution in [3.63, 3.8) is 0 Å². The molecule has 1 atom stereocenters. The summed E-state index contributed by atoms with van der Waals surface area (Å²) in [5.74, 6) is 0.780. The van der Waals surface area contributed by atoms with Crippen molar-refractivity contribution in [1.29, 1.82) is 5.26 Å². The van der Waals surface area contributed by atoms with Crippen LogP contribution in [0.1, 0.15) is 31.9 Å². The average Bonchev–Trinajstić information content (AvgIpc) is 2.37. The summed E-state index contributed by atoms with van der Waals surface area (Å²) >= 11 is 1.58. The molecular formula is C14H17FN2S. The average molecular weight is 264 g/mol. The summed E-state index contributed by atoms with van der Waals surface area (Å²) in [5, 5.41) is 12.4. The second-order valence-corrected chi connectivity index (χ2v) is 6.33. The molecule has 0 fully saturated rings. The van der Waals surface area contributed by atoms with Crippen molar-refractivity contribution in [2.24, 2.45) is 5.41 Å². The zero-order valence-electron chi connectivity index (χ0n) is 10.7. The van der Waals surface area contributed by atoms with E-state index in [0.29, 0.717) is 6.54 Å². The number of nitriles is 1. The molecule has 18 heavy (non-hydrogen) atoms. The van der Waals surface area contributed by atoms with Crippen LogP contribution >= 0.6 is 11.8 Å². The molecule has 0 amide bonds. The maximum Gasteiger partial charge on any atom is 0.137 e. The van der Waals surface area contributed by atoms with Crippen LogP contribution in [0.5, 0.6) is 0 Å². The number of fused-ring (bicyclic) bond motifs is 1. The number of nitrogens with one attached hydrogen (secondary N) is 1. The number of nitrogens with zero attached hydrogens (tertiary/aromatic N) is 1. The van der Waals surface area contributed by atoms with Gasteiger partial charge in [0.25, 0.3) is 0 Å². The maximum absolute atomic E-state index is 13.7. The summed E-state index contributed by atoms with van der Waals surface area (Å²) in [6.07, 6.45) is 0.975. The number of halogens is 1. The molecular weight excluding hydrogens is 247 g/mol. The fourth-order valence-corrected chi connectivity index (χ4v) is 3.16. The van der Waals surface area contributed by atoms with Gasteiger partial charge in [0, 0.05) is 17.5 Å². The summed E-state index contributed by atoms with van der Waals surface area (Å²) in [5.41, 5.74) is 0.637. The molecule has 1 aromatic rings. The predicted molar refractivity (Wildman–Crippen MR) is 71.9 cm³/mol. The third-order valence-corrected chi connectivity index (χ3v) is 4.28. The van der Waals surface area contributed by atoms with Crippen LogP contribution in [0.3, 0.4) is 0 Å². The van der Waals surface area contributed by atoms with E-state index in [0.717, 1.165) is 22.6 Å². The molecule has 0 aliphatic carbocycles. The number of thioether (sulfide) groups is 1. The fourth-order valence-electron chi connectivity index (χ4n) is 2.02. The molecule has 0 spiro atoms. The van der Waals surface area contributed by atoms with Crippen molar-refractivity contribution in [3.05, 3.63) is 29.6 Å². The lowest BCUT2D eigenvalue weighted by atomic mass is 9.94. The van der Waals surface area contributed by atoms with E-state index in [1.165, 1.54) is 6.07 Å². The van der Waals surface area contributed by atoms with Gasteiger partial charge in [-0.1, -0.05) is 12.1 Å². The first-order valence-corrected chi connectivity index (χ1v) is 7.08. The van der Waals surface area contributed by atoms with E-state index in [-0.39, 0.29) is 11.9 Å². The summed E-state index contributed by atoms with van der Waals surface area (Å²) < 4.78 is 13.7. The molecule has 1 aromatic carbocycles. The van der Waals surface area contributed by atoms with Gasteiger partial charge in [0.2, 0.25) is 0 Å². The summed E-state index contributed by atoms with van der Waals surface area (Å²) in [6.45, 7) is 4.43. The van der Waals surface area contributed by atoms with Crippen LogP contribution in [0.15, 0.2) is 23.1 Å². The first-order chi connectivity index (χ1) is 8.53. The topological polar surface area (TPSA) is 35.8 Å². The van der Waals surface area contributed by atoms with Crippen molar-refractivity contribution in [1.82, 2.24) is 5.32 Å². The highest BCUT2D eigenvalue weighted by Crippen LogP contribution is 2.37. The summed E-state index contributed by atoms with van der Waals surface area (Å²) in [4.78, 5) is 0.760. The Balaban J connectivity index is 2.14. The van der Waals surface area contributed by atoms with Crippen LogP contribution in [0.25, 0.3) is 0 Å². The minimum Gasteiger partial charge on any atom is -0.308 e. The van der Waals surface area contributed by atoms with Gasteiger partial charge in [-0.05, 0) is 37.7 Å². The van der Waals surface area contributed by atoms with E-state index in [9.17, 15) is 4.39 Å². The summed E-state index contributed by atoms with van der Waals surface area (Å²) in [7, 11) is 0. The van der Waals surface area contributed by atoms with Crippen molar-refractivity contribution < 1.29 is 4.39 Å². The second-order valence-electron chi connectivity index (χ2n) is 5.22. The van der Waals surface area contributed by atoms with Gasteiger partial charge in [0.15, 0.2) is 0 Å². The number of benzene rings is 1. The third kappa shape index (κ3) is 2.85. The van der Waals surface area contributed by atoms with E-state index in [2.05, 4.69) is 11.4 Å². The smallest absolute Gasteiger partial charge is 0.137 e. The Morgan fingerprint density at radius 1 is 1.56 bits per heavy atom. The van der Waals surface area contributed by atoms with Crippen LogP contribution in [-0.2, 0) is 0 Å². The molecule has 2 nitrogen and oxygen atoms in total. The Morgan fingerprint density at radius 3 is 3.06 bits per heavy atom. The number of hydrogen-bond donors (Lipinski definition) is 1. The normalized spacial score (nSPS) is 19.1. The van der Waals surface area contributed by atoms with Gasteiger partial charge < -0.3 is 5.32 Å². The van der Waals surface area contributed by atoms with Crippen LogP contribution in [0, 0.1) is 22.6 Å². The first-order valence-electron chi connectivity index (χ1n) is 6.09. The highest BCUT2D eigenvalue weighted by atomic mass is 32.2. The van der Waals surface area contributed by atoms with Crippen LogP contribution in [-0.4, -0.2) is 12.3 Å². The Labute approximate surface area is 112 Å². The van der Waals surface area contributed by atoms with Gasteiger partial charge in [-0.15, -0.1) is 11.8 Å². The van der Waals surface area contributed by atoms with Gasteiger partial charge >= 0.3 is 0 Å². The van der Waals surface area contributed by atoms with Crippen molar-refractivity contribution in [3.8, 4) is 6.07 Å². The minimum atomic E-state index is -0.391. The van der Waals surface area contributed by atoms with Crippen molar-refractivity contribution in [2.75, 3.05) is 12.3 Å². The molecule has 0 aromatic heterocycles. The Kier molecular flexibility index (Phi) is 3.94. The highest BCUT2D eigenvalue weighted by Gasteiger charge is 2.25. The molecule has 1 aliphatic rings. The Hall–Kier alpha value is -1.05. The predicted octanol–water partition coefficient (Wildman–Crippen LogP) is 3.50. The van der Waals surface area contributed by atoms with E-state index in [4.69, 9.17) is 5.26 Å². The zero-order valence-corrected chi connectivity index (χ0v) is 11.5. The third-order valence-electron chi connectivity index (χ3n) is 3.12. The summed E-state index contributed by atoms with van der Waals surface area (Å²) in [6, 6.07) is 7.67. The molecule has 0 saturated heterocycles. The van der Waals surface area contributed by atoms with Gasteiger partial charge in [-0.2, -0.15) is 5.26 Å². The quantitative estimate of drug-likeness (QED) is 0.907. The first kappa shape index (κ1) is 13.4. The Morgan fingerprint density at radius 2 is 2.33 bits per heavy atom. The molecule has 0 saturated carbocycles. The van der Waals surface area contributed by atoms with E-state index < -0.39 is 5.41 Å². The minimum absolute atomic E-state index is 0.136. The molecule has 4 heteroatoms. The van der Waals surface area contributed by atoms with Crippen molar-refractivity contribution >= 4 is 11.8 Å². The van der Waals surface area contributed by atoms with Crippen LogP contribution < -0.4 is 5.32 Å². The van der Waals surface area contributed by atoms with Crippen molar-refractivity contribution in [2.45, 2.75) is 31.2 Å². The van der Waals surface area contributed by atoms with Crippen LogP contribution in [0.4, 0.5) is 4.39 Å². The van der Waals surface area contributed by atoms with Gasteiger partial charge in [-0.3, -0.25) is 0 Å². The van der Waals surface area contributed by atoms with E-state index in [1.54, 1.807) is 17.8 Å². The lowest BCUT2D eigenvalue weighted by Crippen LogP contribution is -2.33. The molecule has 2 rings (SSSR count). The molecule has 1 heterocycles. The molecule has 96 valence electrons. The second kappa shape index (κ2) is 5.29. The highest BCUT2D eigenvalue weighted by molar-refractivity contribution is 7.99. The van der Waals surface area contributed by atoms with Crippen LogP contribution in [0.2, 0.25) is 0 Å². The van der Waals surface area contributed by atoms with Gasteiger partial charge in [0.05, 0.1) is 11.5 Å². The molecule has 1 N–H and O–H groups in total. The molecule has 1 unspecified atom stereocenters. The Bertz CT molecular complexity index is 479. The molecule has 1 aliphatic heterocycles. The molecule has 0 bridgehead atoms. The SMILES string of the molecule is CC(C)(C#N)CNC1CCSc2c(F)cccc21. The monoisotopic (exact) mass is 264 g/mol. The zero-order chi connectivity index (χ0) is 13.2.